The topological polar surface area (TPSA) is 12.4 Å². The minimum atomic E-state index is 0.571. The maximum Gasteiger partial charge on any atom is 0.0227 e. The van der Waals surface area contributed by atoms with E-state index in [0.717, 1.165) is 6.42 Å². The van der Waals surface area contributed by atoms with Crippen molar-refractivity contribution in [2.75, 3.05) is 0 Å². The molecule has 0 heterocycles. The maximum absolute atomic E-state index is 4.25. The summed E-state index contributed by atoms with van der Waals surface area (Å²) in [5.41, 5.74) is 1.20. The second kappa shape index (κ2) is 18.2. The molecule has 1 nitrogen and oxygen atoms in total. The van der Waals surface area contributed by atoms with Crippen molar-refractivity contribution in [1.29, 1.82) is 0 Å². The van der Waals surface area contributed by atoms with Crippen LogP contribution in [0.4, 0.5) is 0 Å². The Labute approximate surface area is 91.3 Å². The van der Waals surface area contributed by atoms with Crippen LogP contribution in [0.1, 0.15) is 61.8 Å². The van der Waals surface area contributed by atoms with E-state index in [0.29, 0.717) is 5.92 Å². The number of hydrogen-bond acceptors (Lipinski definition) is 1. The predicted octanol–water partition coefficient (Wildman–Crippen LogP) is 5.08. The zero-order valence-corrected chi connectivity index (χ0v) is 11.4. The van der Waals surface area contributed by atoms with Gasteiger partial charge in [-0.15, -0.1) is 0 Å². The van der Waals surface area contributed by atoms with E-state index in [1.54, 1.807) is 0 Å². The number of aliphatic imine (C=N–C) groups is 1. The molecule has 0 aliphatic heterocycles. The molecule has 0 unspecified atom stereocenters. The van der Waals surface area contributed by atoms with Crippen molar-refractivity contribution in [3.05, 3.63) is 12.3 Å². The van der Waals surface area contributed by atoms with E-state index >= 15 is 0 Å². The third-order valence-electron chi connectivity index (χ3n) is 1.45. The smallest absolute Gasteiger partial charge is 0.0227 e. The molecule has 14 heavy (non-hydrogen) atoms. The van der Waals surface area contributed by atoms with Crippen LogP contribution in [-0.2, 0) is 0 Å². The van der Waals surface area contributed by atoms with Crippen molar-refractivity contribution in [1.82, 2.24) is 0 Å². The standard InChI is InChI=1S/C9H17N.2C2H6/c1-5-6-7-10-9(4)8(2)3;2*1-2/h6-8H,5H2,1-4H3;2*1-2H3/b7-6-,10-9?;;. The largest absolute Gasteiger partial charge is 0.266 e. The van der Waals surface area contributed by atoms with Crippen molar-refractivity contribution in [3.63, 3.8) is 0 Å². The van der Waals surface area contributed by atoms with Crippen LogP contribution >= 0.6 is 0 Å². The van der Waals surface area contributed by atoms with Crippen molar-refractivity contribution < 1.29 is 0 Å². The lowest BCUT2D eigenvalue weighted by Crippen LogP contribution is -1.99. The van der Waals surface area contributed by atoms with Gasteiger partial charge in [0.15, 0.2) is 0 Å². The minimum absolute atomic E-state index is 0.571. The first-order valence-corrected chi connectivity index (χ1v) is 5.87. The Balaban J connectivity index is -0.000000266. The molecule has 0 bridgehead atoms. The molecule has 0 aromatic heterocycles. The highest BCUT2D eigenvalue weighted by molar-refractivity contribution is 5.84. The second-order valence-electron chi connectivity index (χ2n) is 2.72. The molecule has 0 fully saturated rings. The van der Waals surface area contributed by atoms with Crippen LogP contribution in [0.15, 0.2) is 17.3 Å². The third-order valence-corrected chi connectivity index (χ3v) is 1.45. The summed E-state index contributed by atoms with van der Waals surface area (Å²) in [6.07, 6.45) is 5.01. The van der Waals surface area contributed by atoms with Crippen LogP contribution in [0.25, 0.3) is 0 Å². The number of allylic oxidation sites excluding steroid dienone is 1. The van der Waals surface area contributed by atoms with Gasteiger partial charge in [-0.1, -0.05) is 54.5 Å². The van der Waals surface area contributed by atoms with Crippen LogP contribution in [-0.4, -0.2) is 5.71 Å². The highest BCUT2D eigenvalue weighted by Crippen LogP contribution is 1.96. The SMILES string of the molecule is CC.CC.CC/C=C\N=C(C)C(C)C. The first-order chi connectivity index (χ1) is 6.68. The van der Waals surface area contributed by atoms with Gasteiger partial charge in [-0.05, 0) is 19.3 Å². The van der Waals surface area contributed by atoms with Crippen molar-refractivity contribution in [2.45, 2.75) is 61.8 Å². The second-order valence-corrected chi connectivity index (χ2v) is 2.72. The van der Waals surface area contributed by atoms with Gasteiger partial charge in [0.1, 0.15) is 0 Å². The Kier molecular flexibility index (Phi) is 24.8. The Bertz CT molecular complexity index is 132. The molecular weight excluding hydrogens is 170 g/mol. The number of hydrogen-bond donors (Lipinski definition) is 0. The van der Waals surface area contributed by atoms with Gasteiger partial charge in [-0.2, -0.15) is 0 Å². The Hall–Kier alpha value is -0.590. The Morgan fingerprint density at radius 3 is 1.86 bits per heavy atom. The van der Waals surface area contributed by atoms with E-state index in [4.69, 9.17) is 0 Å². The van der Waals surface area contributed by atoms with Gasteiger partial charge in [0, 0.05) is 11.9 Å². The first kappa shape index (κ1) is 19.1. The van der Waals surface area contributed by atoms with E-state index in [1.807, 2.05) is 33.9 Å². The van der Waals surface area contributed by atoms with Gasteiger partial charge in [-0.3, -0.25) is 4.99 Å². The average Bonchev–Trinajstić information content (AvgIpc) is 2.24. The molecule has 0 rings (SSSR count). The summed E-state index contributed by atoms with van der Waals surface area (Å²) in [5.74, 6) is 0.571. The fraction of sp³-hybridized carbons (Fsp3) is 0.769. The summed E-state index contributed by atoms with van der Waals surface area (Å²) in [5, 5.41) is 0. The lowest BCUT2D eigenvalue weighted by Gasteiger charge is -1.99. The quantitative estimate of drug-likeness (QED) is 0.562. The molecule has 1 heteroatoms. The molecule has 0 saturated heterocycles. The van der Waals surface area contributed by atoms with Crippen LogP contribution in [0.5, 0.6) is 0 Å². The summed E-state index contributed by atoms with van der Waals surface area (Å²) < 4.78 is 0. The summed E-state index contributed by atoms with van der Waals surface area (Å²) in [6.45, 7) is 16.5. The normalized spacial score (nSPS) is 10.5. The predicted molar refractivity (Wildman–Crippen MR) is 70.1 cm³/mol. The molecule has 0 spiro atoms. The van der Waals surface area contributed by atoms with Gasteiger partial charge in [0.25, 0.3) is 0 Å². The molecule has 0 radical (unpaired) electrons. The summed E-state index contributed by atoms with van der Waals surface area (Å²) in [4.78, 5) is 4.25. The van der Waals surface area contributed by atoms with E-state index in [1.165, 1.54) is 5.71 Å². The van der Waals surface area contributed by atoms with E-state index in [2.05, 4.69) is 38.8 Å². The average molecular weight is 199 g/mol. The lowest BCUT2D eigenvalue weighted by atomic mass is 10.1. The summed E-state index contributed by atoms with van der Waals surface area (Å²) in [7, 11) is 0. The summed E-state index contributed by atoms with van der Waals surface area (Å²) in [6, 6.07) is 0. The monoisotopic (exact) mass is 199 g/mol. The lowest BCUT2D eigenvalue weighted by molar-refractivity contribution is 0.878. The maximum atomic E-state index is 4.25. The van der Waals surface area contributed by atoms with Crippen molar-refractivity contribution >= 4 is 5.71 Å². The number of nitrogens with zero attached hydrogens (tertiary/aromatic N) is 1. The van der Waals surface area contributed by atoms with Crippen molar-refractivity contribution in [3.8, 4) is 0 Å². The zero-order valence-electron chi connectivity index (χ0n) is 11.4. The molecule has 0 saturated carbocycles. The van der Waals surface area contributed by atoms with Gasteiger partial charge in [0.2, 0.25) is 0 Å². The molecule has 0 aromatic rings. The first-order valence-electron chi connectivity index (χ1n) is 5.87. The summed E-state index contributed by atoms with van der Waals surface area (Å²) >= 11 is 0. The van der Waals surface area contributed by atoms with Gasteiger partial charge >= 0.3 is 0 Å². The fourth-order valence-corrected chi connectivity index (χ4v) is 0.425. The highest BCUT2D eigenvalue weighted by Gasteiger charge is 1.93. The van der Waals surface area contributed by atoms with E-state index < -0.39 is 0 Å². The van der Waals surface area contributed by atoms with Crippen LogP contribution in [0, 0.1) is 5.92 Å². The Morgan fingerprint density at radius 1 is 1.14 bits per heavy atom. The van der Waals surface area contributed by atoms with Gasteiger partial charge in [0.05, 0.1) is 0 Å². The zero-order chi connectivity index (χ0) is 12.0. The van der Waals surface area contributed by atoms with Gasteiger partial charge < -0.3 is 0 Å². The van der Waals surface area contributed by atoms with Gasteiger partial charge in [-0.25, -0.2) is 0 Å². The molecular formula is C13H29N. The van der Waals surface area contributed by atoms with E-state index in [-0.39, 0.29) is 0 Å². The van der Waals surface area contributed by atoms with Crippen LogP contribution < -0.4 is 0 Å². The molecule has 0 amide bonds. The number of rotatable bonds is 3. The third kappa shape index (κ3) is 17.5. The molecule has 0 aliphatic carbocycles. The van der Waals surface area contributed by atoms with Crippen molar-refractivity contribution in [2.24, 2.45) is 10.9 Å². The molecule has 86 valence electrons. The highest BCUT2D eigenvalue weighted by atomic mass is 14.7. The molecule has 0 aliphatic rings. The van der Waals surface area contributed by atoms with Crippen LogP contribution in [0.2, 0.25) is 0 Å². The molecule has 0 aromatic carbocycles. The molecule has 0 N–H and O–H groups in total. The van der Waals surface area contributed by atoms with Crippen LogP contribution in [0.3, 0.4) is 0 Å². The minimum Gasteiger partial charge on any atom is -0.266 e. The molecule has 0 atom stereocenters. The van der Waals surface area contributed by atoms with E-state index in [9.17, 15) is 0 Å². The fourth-order valence-electron chi connectivity index (χ4n) is 0.425. The Morgan fingerprint density at radius 2 is 1.57 bits per heavy atom.